The fourth-order valence-corrected chi connectivity index (χ4v) is 0.882. The molecule has 6 heteroatoms. The molecule has 1 aromatic heterocycles. The van der Waals surface area contributed by atoms with E-state index in [1.807, 2.05) is 0 Å². The average molecular weight is 190 g/mol. The van der Waals surface area contributed by atoms with Crippen LogP contribution in [0.2, 0.25) is 0 Å². The van der Waals surface area contributed by atoms with Gasteiger partial charge in [-0.3, -0.25) is 4.79 Å². The quantitative estimate of drug-likeness (QED) is 0.773. The Kier molecular flexibility index (Phi) is 2.31. The lowest BCUT2D eigenvalue weighted by atomic mass is 10.2. The Balaban J connectivity index is 2.86. The Morgan fingerprint density at radius 2 is 2.38 bits per heavy atom. The Bertz CT molecular complexity index is 322. The predicted octanol–water partition coefficient (Wildman–Crippen LogP) is 0.987. The number of rotatable bonds is 3. The molecule has 0 saturated carbocycles. The second kappa shape index (κ2) is 3.12. The van der Waals surface area contributed by atoms with E-state index in [-0.39, 0.29) is 0 Å². The van der Waals surface area contributed by atoms with Crippen molar-refractivity contribution in [2.24, 2.45) is 7.05 Å². The predicted molar refractivity (Wildman–Crippen MR) is 39.4 cm³/mol. The summed E-state index contributed by atoms with van der Waals surface area (Å²) in [6, 6.07) is 0. The summed E-state index contributed by atoms with van der Waals surface area (Å²) in [5, 5.41) is 8.20. The normalized spacial score (nSPS) is 11.6. The van der Waals surface area contributed by atoms with Crippen LogP contribution in [0.4, 0.5) is 8.78 Å². The molecule has 0 atom stereocenters. The molecule has 0 fully saturated rings. The van der Waals surface area contributed by atoms with Gasteiger partial charge in [0.1, 0.15) is 12.1 Å². The lowest BCUT2D eigenvalue weighted by Crippen LogP contribution is -2.18. The second-order valence-electron chi connectivity index (χ2n) is 2.70. The molecule has 0 bridgehead atoms. The van der Waals surface area contributed by atoms with Crippen LogP contribution in [0.15, 0.2) is 12.5 Å². The number of hydrogen-bond donors (Lipinski definition) is 1. The van der Waals surface area contributed by atoms with Crippen LogP contribution >= 0.6 is 0 Å². The van der Waals surface area contributed by atoms with Crippen molar-refractivity contribution in [1.82, 2.24) is 9.55 Å². The SMILES string of the molecule is Cn1cnc(C(F)(F)CC(=O)O)c1. The van der Waals surface area contributed by atoms with Crippen LogP contribution in [0.25, 0.3) is 0 Å². The van der Waals surface area contributed by atoms with Crippen molar-refractivity contribution in [1.29, 1.82) is 0 Å². The highest BCUT2D eigenvalue weighted by molar-refractivity contribution is 5.68. The minimum atomic E-state index is -3.40. The van der Waals surface area contributed by atoms with Gasteiger partial charge in [0.05, 0.1) is 6.33 Å². The van der Waals surface area contributed by atoms with Gasteiger partial charge in [-0.15, -0.1) is 0 Å². The van der Waals surface area contributed by atoms with Gasteiger partial charge in [-0.1, -0.05) is 0 Å². The van der Waals surface area contributed by atoms with Crippen molar-refractivity contribution in [3.8, 4) is 0 Å². The van der Waals surface area contributed by atoms with Crippen molar-refractivity contribution in [2.45, 2.75) is 12.3 Å². The largest absolute Gasteiger partial charge is 0.481 e. The number of aryl methyl sites for hydroxylation is 1. The summed E-state index contributed by atoms with van der Waals surface area (Å²) in [4.78, 5) is 13.5. The van der Waals surface area contributed by atoms with Crippen molar-refractivity contribution >= 4 is 5.97 Å². The molecule has 0 spiro atoms. The van der Waals surface area contributed by atoms with Crippen LogP contribution in [-0.4, -0.2) is 20.6 Å². The minimum Gasteiger partial charge on any atom is -0.481 e. The van der Waals surface area contributed by atoms with Crippen molar-refractivity contribution in [2.75, 3.05) is 0 Å². The van der Waals surface area contributed by atoms with Gasteiger partial charge >= 0.3 is 11.9 Å². The summed E-state index contributed by atoms with van der Waals surface area (Å²) >= 11 is 0. The van der Waals surface area contributed by atoms with Gasteiger partial charge in [0.15, 0.2) is 0 Å². The van der Waals surface area contributed by atoms with Crippen LogP contribution in [-0.2, 0) is 17.8 Å². The third kappa shape index (κ3) is 2.24. The number of hydrogen-bond acceptors (Lipinski definition) is 2. The van der Waals surface area contributed by atoms with Gasteiger partial charge in [0.2, 0.25) is 0 Å². The molecule has 4 nitrogen and oxygen atoms in total. The monoisotopic (exact) mass is 190 g/mol. The van der Waals surface area contributed by atoms with Crippen LogP contribution in [0.5, 0.6) is 0 Å². The van der Waals surface area contributed by atoms with Crippen LogP contribution in [0, 0.1) is 0 Å². The molecule has 1 heterocycles. The number of carbonyl (C=O) groups is 1. The number of alkyl halides is 2. The third-order valence-electron chi connectivity index (χ3n) is 1.45. The van der Waals surface area contributed by atoms with E-state index in [4.69, 9.17) is 5.11 Å². The topological polar surface area (TPSA) is 55.1 Å². The van der Waals surface area contributed by atoms with E-state index < -0.39 is 24.0 Å². The zero-order valence-electron chi connectivity index (χ0n) is 6.87. The molecular weight excluding hydrogens is 182 g/mol. The second-order valence-corrected chi connectivity index (χ2v) is 2.70. The Morgan fingerprint density at radius 1 is 1.77 bits per heavy atom. The number of carboxylic acid groups (broad SMARTS) is 1. The average Bonchev–Trinajstić information content (AvgIpc) is 2.32. The molecule has 72 valence electrons. The first-order chi connectivity index (χ1) is 5.92. The molecule has 0 aliphatic heterocycles. The summed E-state index contributed by atoms with van der Waals surface area (Å²) in [5.74, 6) is -4.94. The van der Waals surface area contributed by atoms with E-state index in [9.17, 15) is 13.6 Å². The molecule has 13 heavy (non-hydrogen) atoms. The summed E-state index contributed by atoms with van der Waals surface area (Å²) in [5.41, 5.74) is -0.516. The summed E-state index contributed by atoms with van der Waals surface area (Å²) in [7, 11) is 1.54. The van der Waals surface area contributed by atoms with Crippen molar-refractivity contribution in [3.05, 3.63) is 18.2 Å². The number of imidazole rings is 1. The smallest absolute Gasteiger partial charge is 0.309 e. The molecule has 1 N–H and O–H groups in total. The zero-order chi connectivity index (χ0) is 10.1. The van der Waals surface area contributed by atoms with E-state index in [1.165, 1.54) is 17.9 Å². The first-order valence-electron chi connectivity index (χ1n) is 3.50. The minimum absolute atomic E-state index is 0.516. The maximum absolute atomic E-state index is 13.0. The summed E-state index contributed by atoms with van der Waals surface area (Å²) in [6.45, 7) is 0. The highest BCUT2D eigenvalue weighted by Gasteiger charge is 2.36. The third-order valence-corrected chi connectivity index (χ3v) is 1.45. The highest BCUT2D eigenvalue weighted by atomic mass is 19.3. The molecule has 0 aliphatic carbocycles. The molecule has 1 rings (SSSR count). The lowest BCUT2D eigenvalue weighted by molar-refractivity contribution is -0.145. The number of aliphatic carboxylic acids is 1. The Labute approximate surface area is 72.8 Å². The standard InChI is InChI=1S/C7H8F2N2O2/c1-11-3-5(10-4-11)7(8,9)2-6(12)13/h3-4H,2H2,1H3,(H,12,13). The molecule has 0 aromatic carbocycles. The fraction of sp³-hybridized carbons (Fsp3) is 0.429. The molecular formula is C7H8F2N2O2. The number of halogens is 2. The van der Waals surface area contributed by atoms with Gasteiger partial charge in [-0.25, -0.2) is 4.98 Å². The molecule has 1 aromatic rings. The van der Waals surface area contributed by atoms with E-state index in [2.05, 4.69) is 4.98 Å². The van der Waals surface area contributed by atoms with Gasteiger partial charge in [0, 0.05) is 13.2 Å². The molecule has 0 radical (unpaired) electrons. The molecule has 0 unspecified atom stereocenters. The number of carboxylic acids is 1. The van der Waals surface area contributed by atoms with E-state index >= 15 is 0 Å². The van der Waals surface area contributed by atoms with E-state index in [0.717, 1.165) is 6.20 Å². The summed E-state index contributed by atoms with van der Waals surface area (Å²) in [6.07, 6.45) is 1.07. The van der Waals surface area contributed by atoms with Crippen LogP contribution in [0.1, 0.15) is 12.1 Å². The summed E-state index contributed by atoms with van der Waals surface area (Å²) < 4.78 is 27.3. The van der Waals surface area contributed by atoms with Crippen molar-refractivity contribution in [3.63, 3.8) is 0 Å². The van der Waals surface area contributed by atoms with E-state index in [1.54, 1.807) is 0 Å². The van der Waals surface area contributed by atoms with Gasteiger partial charge < -0.3 is 9.67 Å². The van der Waals surface area contributed by atoms with Gasteiger partial charge in [0.25, 0.3) is 0 Å². The fourth-order valence-electron chi connectivity index (χ4n) is 0.882. The molecule has 0 aliphatic rings. The Morgan fingerprint density at radius 3 is 2.77 bits per heavy atom. The molecule has 0 saturated heterocycles. The first-order valence-corrected chi connectivity index (χ1v) is 3.50. The Hall–Kier alpha value is -1.46. The number of nitrogens with zero attached hydrogens (tertiary/aromatic N) is 2. The molecule has 0 amide bonds. The van der Waals surface area contributed by atoms with Crippen molar-refractivity contribution < 1.29 is 18.7 Å². The van der Waals surface area contributed by atoms with Crippen LogP contribution < -0.4 is 0 Å². The highest BCUT2D eigenvalue weighted by Crippen LogP contribution is 2.29. The zero-order valence-corrected chi connectivity index (χ0v) is 6.87. The lowest BCUT2D eigenvalue weighted by Gasteiger charge is -2.09. The maximum Gasteiger partial charge on any atom is 0.309 e. The number of aromatic nitrogens is 2. The van der Waals surface area contributed by atoms with E-state index in [0.29, 0.717) is 0 Å². The van der Waals surface area contributed by atoms with Gasteiger partial charge in [-0.05, 0) is 0 Å². The van der Waals surface area contributed by atoms with Gasteiger partial charge in [-0.2, -0.15) is 8.78 Å². The maximum atomic E-state index is 13.0. The first kappa shape index (κ1) is 9.63. The van der Waals surface area contributed by atoms with Crippen LogP contribution in [0.3, 0.4) is 0 Å².